The summed E-state index contributed by atoms with van der Waals surface area (Å²) in [6, 6.07) is -0.436. The second kappa shape index (κ2) is 5.90. The number of nitrogens with zero attached hydrogens (tertiary/aromatic N) is 1. The Bertz CT molecular complexity index is 347. The van der Waals surface area contributed by atoms with E-state index in [9.17, 15) is 9.59 Å². The lowest BCUT2D eigenvalue weighted by molar-refractivity contribution is -0.137. The van der Waals surface area contributed by atoms with Gasteiger partial charge < -0.3 is 16.0 Å². The Morgan fingerprint density at radius 1 is 1.21 bits per heavy atom. The molecule has 2 aliphatic rings. The summed E-state index contributed by atoms with van der Waals surface area (Å²) in [6.07, 6.45) is 6.59. The van der Waals surface area contributed by atoms with Crippen LogP contribution in [0.25, 0.3) is 0 Å². The van der Waals surface area contributed by atoms with E-state index in [0.717, 1.165) is 45.2 Å². The van der Waals surface area contributed by atoms with Crippen molar-refractivity contribution in [3.05, 3.63) is 0 Å². The lowest BCUT2D eigenvalue weighted by Crippen LogP contribution is -2.53. The van der Waals surface area contributed by atoms with Crippen LogP contribution in [-0.2, 0) is 9.59 Å². The number of hydrogen-bond acceptors (Lipinski definition) is 3. The fraction of sp³-hybridized carbons (Fsp3) is 0.857. The van der Waals surface area contributed by atoms with Crippen LogP contribution in [0.4, 0.5) is 0 Å². The minimum atomic E-state index is -0.436. The summed E-state index contributed by atoms with van der Waals surface area (Å²) in [5.74, 6) is -0.0622. The van der Waals surface area contributed by atoms with Crippen molar-refractivity contribution in [1.82, 2.24) is 10.2 Å². The highest BCUT2D eigenvalue weighted by molar-refractivity contribution is 5.87. The quantitative estimate of drug-likeness (QED) is 0.790. The smallest absolute Gasteiger partial charge is 0.244 e. The van der Waals surface area contributed by atoms with Crippen molar-refractivity contribution in [2.45, 2.75) is 63.5 Å². The Kier molecular flexibility index (Phi) is 4.45. The lowest BCUT2D eigenvalue weighted by atomic mass is 9.75. The molecular formula is C14H25N3O2. The normalized spacial score (nSPS) is 23.4. The number of likely N-dealkylation sites (tertiary alicyclic amines) is 1. The highest BCUT2D eigenvalue weighted by Crippen LogP contribution is 2.31. The van der Waals surface area contributed by atoms with E-state index in [0.29, 0.717) is 6.42 Å². The number of carbonyl (C=O) groups excluding carboxylic acids is 2. The number of hydrogen-bond donors (Lipinski definition) is 2. The molecule has 1 saturated carbocycles. The van der Waals surface area contributed by atoms with Crippen molar-refractivity contribution in [2.24, 2.45) is 5.73 Å². The van der Waals surface area contributed by atoms with Gasteiger partial charge in [0.2, 0.25) is 11.8 Å². The van der Waals surface area contributed by atoms with Crippen molar-refractivity contribution < 1.29 is 9.59 Å². The van der Waals surface area contributed by atoms with E-state index in [2.05, 4.69) is 5.32 Å². The molecule has 19 heavy (non-hydrogen) atoms. The summed E-state index contributed by atoms with van der Waals surface area (Å²) in [5, 5.41) is 2.79. The third-order valence-electron chi connectivity index (χ3n) is 4.28. The van der Waals surface area contributed by atoms with E-state index in [1.54, 1.807) is 6.92 Å². The van der Waals surface area contributed by atoms with Crippen LogP contribution in [0, 0.1) is 0 Å². The first-order valence-electron chi connectivity index (χ1n) is 7.37. The molecule has 2 fully saturated rings. The SMILES string of the molecule is CC(NC(=O)CC1(N)CCC1)C(=O)N1CCCCC1. The molecule has 0 aromatic rings. The van der Waals surface area contributed by atoms with Crippen LogP contribution in [0.5, 0.6) is 0 Å². The third kappa shape index (κ3) is 3.69. The molecular weight excluding hydrogens is 242 g/mol. The predicted octanol–water partition coefficient (Wildman–Crippen LogP) is 0.775. The van der Waals surface area contributed by atoms with Gasteiger partial charge in [-0.15, -0.1) is 0 Å². The number of nitrogens with two attached hydrogens (primary N) is 1. The average molecular weight is 267 g/mol. The minimum Gasteiger partial charge on any atom is -0.345 e. The second-order valence-corrected chi connectivity index (χ2v) is 6.07. The zero-order valence-corrected chi connectivity index (χ0v) is 11.8. The van der Waals surface area contributed by atoms with Gasteiger partial charge in [0.1, 0.15) is 6.04 Å². The van der Waals surface area contributed by atoms with E-state index in [-0.39, 0.29) is 17.4 Å². The van der Waals surface area contributed by atoms with Gasteiger partial charge in [0.05, 0.1) is 0 Å². The van der Waals surface area contributed by atoms with Crippen LogP contribution < -0.4 is 11.1 Å². The molecule has 108 valence electrons. The summed E-state index contributed by atoms with van der Waals surface area (Å²) in [5.41, 5.74) is 5.72. The van der Waals surface area contributed by atoms with Crippen LogP contribution in [0.2, 0.25) is 0 Å². The number of amides is 2. The Morgan fingerprint density at radius 3 is 2.37 bits per heavy atom. The van der Waals surface area contributed by atoms with Gasteiger partial charge in [0.15, 0.2) is 0 Å². The molecule has 0 aromatic heterocycles. The highest BCUT2D eigenvalue weighted by atomic mass is 16.2. The Hall–Kier alpha value is -1.10. The number of nitrogens with one attached hydrogen (secondary N) is 1. The van der Waals surface area contributed by atoms with Crippen LogP contribution in [-0.4, -0.2) is 41.4 Å². The zero-order valence-electron chi connectivity index (χ0n) is 11.8. The standard InChI is InChI=1S/C14H25N3O2/c1-11(13(19)17-8-3-2-4-9-17)16-12(18)10-14(15)6-5-7-14/h11H,2-10,15H2,1H3,(H,16,18). The fourth-order valence-corrected chi connectivity index (χ4v) is 2.87. The summed E-state index contributed by atoms with van der Waals surface area (Å²) >= 11 is 0. The average Bonchev–Trinajstić information content (AvgIpc) is 2.36. The Morgan fingerprint density at radius 2 is 1.84 bits per heavy atom. The van der Waals surface area contributed by atoms with Crippen LogP contribution in [0.3, 0.4) is 0 Å². The fourth-order valence-electron chi connectivity index (χ4n) is 2.87. The van der Waals surface area contributed by atoms with Crippen molar-refractivity contribution in [1.29, 1.82) is 0 Å². The Balaban J connectivity index is 1.77. The monoisotopic (exact) mass is 267 g/mol. The topological polar surface area (TPSA) is 75.4 Å². The maximum Gasteiger partial charge on any atom is 0.244 e. The molecule has 0 aromatic carbocycles. The van der Waals surface area contributed by atoms with Gasteiger partial charge >= 0.3 is 0 Å². The van der Waals surface area contributed by atoms with E-state index < -0.39 is 6.04 Å². The molecule has 2 amide bonds. The second-order valence-electron chi connectivity index (χ2n) is 6.07. The molecule has 5 heteroatoms. The van der Waals surface area contributed by atoms with Crippen molar-refractivity contribution in [3.8, 4) is 0 Å². The summed E-state index contributed by atoms with van der Waals surface area (Å²) in [4.78, 5) is 25.9. The van der Waals surface area contributed by atoms with Gasteiger partial charge in [-0.25, -0.2) is 0 Å². The molecule has 1 aliphatic heterocycles. The minimum absolute atomic E-state index is 0.0349. The Labute approximate surface area is 114 Å². The maximum absolute atomic E-state index is 12.2. The largest absolute Gasteiger partial charge is 0.345 e. The van der Waals surface area contributed by atoms with E-state index in [4.69, 9.17) is 5.73 Å². The van der Waals surface area contributed by atoms with Crippen LogP contribution in [0.15, 0.2) is 0 Å². The van der Waals surface area contributed by atoms with E-state index in [1.165, 1.54) is 6.42 Å². The molecule has 2 rings (SSSR count). The van der Waals surface area contributed by atoms with E-state index in [1.807, 2.05) is 4.90 Å². The zero-order chi connectivity index (χ0) is 13.9. The summed E-state index contributed by atoms with van der Waals surface area (Å²) in [6.45, 7) is 3.40. The first-order valence-corrected chi connectivity index (χ1v) is 7.37. The molecule has 5 nitrogen and oxygen atoms in total. The molecule has 1 unspecified atom stereocenters. The lowest BCUT2D eigenvalue weighted by Gasteiger charge is -2.37. The van der Waals surface area contributed by atoms with Gasteiger partial charge in [-0.1, -0.05) is 0 Å². The molecule has 1 aliphatic carbocycles. The van der Waals surface area contributed by atoms with Crippen molar-refractivity contribution >= 4 is 11.8 Å². The number of piperidine rings is 1. The molecule has 1 heterocycles. The third-order valence-corrected chi connectivity index (χ3v) is 4.28. The van der Waals surface area contributed by atoms with Crippen LogP contribution in [0.1, 0.15) is 51.9 Å². The van der Waals surface area contributed by atoms with Gasteiger partial charge in [-0.2, -0.15) is 0 Å². The molecule has 0 spiro atoms. The highest BCUT2D eigenvalue weighted by Gasteiger charge is 2.35. The molecule has 0 radical (unpaired) electrons. The van der Waals surface area contributed by atoms with Gasteiger partial charge in [-0.05, 0) is 45.4 Å². The van der Waals surface area contributed by atoms with Crippen molar-refractivity contribution in [2.75, 3.05) is 13.1 Å². The first kappa shape index (κ1) is 14.3. The molecule has 3 N–H and O–H groups in total. The summed E-state index contributed by atoms with van der Waals surface area (Å²) in [7, 11) is 0. The molecule has 1 atom stereocenters. The molecule has 1 saturated heterocycles. The van der Waals surface area contributed by atoms with Gasteiger partial charge in [0, 0.05) is 25.0 Å². The maximum atomic E-state index is 12.2. The number of rotatable bonds is 4. The van der Waals surface area contributed by atoms with Crippen molar-refractivity contribution in [3.63, 3.8) is 0 Å². The first-order chi connectivity index (χ1) is 9.00. The molecule has 0 bridgehead atoms. The van der Waals surface area contributed by atoms with Gasteiger partial charge in [-0.3, -0.25) is 9.59 Å². The van der Waals surface area contributed by atoms with E-state index >= 15 is 0 Å². The van der Waals surface area contributed by atoms with Gasteiger partial charge in [0.25, 0.3) is 0 Å². The summed E-state index contributed by atoms with van der Waals surface area (Å²) < 4.78 is 0. The van der Waals surface area contributed by atoms with Crippen LogP contribution >= 0.6 is 0 Å². The predicted molar refractivity (Wildman–Crippen MR) is 73.4 cm³/mol. The number of carbonyl (C=O) groups is 2.